The second kappa shape index (κ2) is 7.54. The zero-order valence-corrected chi connectivity index (χ0v) is 18.1. The van der Waals surface area contributed by atoms with Gasteiger partial charge in [-0.1, -0.05) is 39.1 Å². The average molecular weight is 518 g/mol. The highest BCUT2D eigenvalue weighted by atomic mass is 79.9. The lowest BCUT2D eigenvalue weighted by atomic mass is 9.93. The van der Waals surface area contributed by atoms with Gasteiger partial charge in [0.1, 0.15) is 21.3 Å². The van der Waals surface area contributed by atoms with E-state index >= 15 is 0 Å². The Morgan fingerprint density at radius 2 is 1.77 bits per heavy atom. The smallest absolute Gasteiger partial charge is 0.131 e. The van der Waals surface area contributed by atoms with Gasteiger partial charge in [0.25, 0.3) is 0 Å². The van der Waals surface area contributed by atoms with Crippen molar-refractivity contribution in [3.05, 3.63) is 48.8 Å². The molecule has 0 aromatic carbocycles. The molecule has 1 saturated carbocycles. The van der Waals surface area contributed by atoms with Gasteiger partial charge >= 0.3 is 0 Å². The van der Waals surface area contributed by atoms with E-state index in [-0.39, 0.29) is 0 Å². The maximum Gasteiger partial charge on any atom is 0.131 e. The molecular weight excluding hydrogens is 505 g/mol. The van der Waals surface area contributed by atoms with Crippen molar-refractivity contribution in [3.8, 4) is 0 Å². The molecule has 3 aromatic rings. The van der Waals surface area contributed by atoms with E-state index in [0.29, 0.717) is 22.9 Å². The Bertz CT molecular complexity index is 1010. The van der Waals surface area contributed by atoms with Crippen LogP contribution in [0.1, 0.15) is 36.6 Å². The Labute approximate surface area is 177 Å². The minimum absolute atomic E-state index is 0.502. The zero-order chi connectivity index (χ0) is 18.3. The molecule has 0 spiro atoms. The second-order valence-electron chi connectivity index (χ2n) is 6.09. The van der Waals surface area contributed by atoms with Crippen molar-refractivity contribution < 1.29 is 0 Å². The van der Waals surface area contributed by atoms with Gasteiger partial charge in [0.05, 0.1) is 24.5 Å². The van der Waals surface area contributed by atoms with Gasteiger partial charge in [-0.2, -0.15) is 5.10 Å². The molecule has 134 valence electrons. The highest BCUT2D eigenvalue weighted by Gasteiger charge is 2.23. The normalized spacial score (nSPS) is 15.5. The van der Waals surface area contributed by atoms with Gasteiger partial charge < -0.3 is 0 Å². The Hall–Kier alpha value is -1.02. The summed E-state index contributed by atoms with van der Waals surface area (Å²) < 4.78 is 4.03. The summed E-state index contributed by atoms with van der Waals surface area (Å²) in [7, 11) is 0. The fraction of sp³-hybridized carbons (Fsp3) is 0.294. The minimum Gasteiger partial charge on any atom is -0.286 e. The fourth-order valence-electron chi connectivity index (χ4n) is 2.91. The predicted octanol–water partition coefficient (Wildman–Crippen LogP) is 6.00. The lowest BCUT2D eigenvalue weighted by molar-refractivity contribution is 0.297. The molecule has 2 aliphatic rings. The van der Waals surface area contributed by atoms with Gasteiger partial charge in [0.2, 0.25) is 0 Å². The highest BCUT2D eigenvalue weighted by molar-refractivity contribution is 9.11. The number of rotatable bonds is 1. The van der Waals surface area contributed by atoms with Crippen LogP contribution in [-0.4, -0.2) is 26.0 Å². The SMILES string of the molecule is Clc1cc(Br)c2c(cnn2C2CCC2)n1.Clc1cc(Br)c2c(n1)C=NC2. The van der Waals surface area contributed by atoms with E-state index in [1.807, 2.05) is 6.07 Å². The number of pyridine rings is 2. The molecule has 0 saturated heterocycles. The van der Waals surface area contributed by atoms with Crippen LogP contribution in [0.2, 0.25) is 10.3 Å². The van der Waals surface area contributed by atoms with Crippen molar-refractivity contribution in [3.63, 3.8) is 0 Å². The minimum atomic E-state index is 0.502. The van der Waals surface area contributed by atoms with Crippen LogP contribution in [0.25, 0.3) is 11.0 Å². The second-order valence-corrected chi connectivity index (χ2v) is 8.58. The summed E-state index contributed by atoms with van der Waals surface area (Å²) in [6.45, 7) is 0.708. The van der Waals surface area contributed by atoms with E-state index in [2.05, 4.69) is 56.6 Å². The number of halogens is 4. The van der Waals surface area contributed by atoms with Gasteiger partial charge in [0.15, 0.2) is 0 Å². The monoisotopic (exact) mass is 515 g/mol. The topological polar surface area (TPSA) is 56.0 Å². The Morgan fingerprint density at radius 3 is 2.50 bits per heavy atom. The first-order valence-corrected chi connectivity index (χ1v) is 10.4. The quantitative estimate of drug-likeness (QED) is 0.372. The van der Waals surface area contributed by atoms with Crippen molar-refractivity contribution in [2.45, 2.75) is 31.8 Å². The highest BCUT2D eigenvalue weighted by Crippen LogP contribution is 2.35. The first-order valence-electron chi connectivity index (χ1n) is 8.07. The number of fused-ring (bicyclic) bond motifs is 2. The standard InChI is InChI=1S/C10H9BrClN3.C7H4BrClN2/c11-7-4-9(12)14-8-5-13-15(10(7)8)6-2-1-3-6;8-5-1-7(9)11-6-3-10-2-4(5)6/h4-6H,1-3H2;1,3H,2H2. The molecule has 0 N–H and O–H groups in total. The zero-order valence-electron chi connectivity index (χ0n) is 13.5. The third-order valence-corrected chi connectivity index (χ3v) is 6.13. The lowest BCUT2D eigenvalue weighted by Gasteiger charge is -2.26. The summed E-state index contributed by atoms with van der Waals surface area (Å²) in [5.41, 5.74) is 3.92. The average Bonchev–Trinajstić information content (AvgIpc) is 3.13. The fourth-order valence-corrected chi connectivity index (χ4v) is 4.72. The van der Waals surface area contributed by atoms with Gasteiger partial charge in [0, 0.05) is 20.7 Å². The van der Waals surface area contributed by atoms with E-state index in [4.69, 9.17) is 23.2 Å². The van der Waals surface area contributed by atoms with Crippen molar-refractivity contribution in [1.29, 1.82) is 0 Å². The summed E-state index contributed by atoms with van der Waals surface area (Å²) in [6, 6.07) is 4.15. The van der Waals surface area contributed by atoms with Gasteiger partial charge in [-0.25, -0.2) is 9.97 Å². The Balaban J connectivity index is 0.000000136. The van der Waals surface area contributed by atoms with Crippen LogP contribution < -0.4 is 0 Å². The van der Waals surface area contributed by atoms with Crippen LogP contribution in [0, 0.1) is 0 Å². The molecule has 26 heavy (non-hydrogen) atoms. The Morgan fingerprint density at radius 1 is 1.04 bits per heavy atom. The van der Waals surface area contributed by atoms with Gasteiger partial charge in [-0.3, -0.25) is 9.67 Å². The van der Waals surface area contributed by atoms with Crippen LogP contribution in [0.4, 0.5) is 0 Å². The summed E-state index contributed by atoms with van der Waals surface area (Å²) in [5, 5.41) is 5.39. The molecule has 5 nitrogen and oxygen atoms in total. The summed E-state index contributed by atoms with van der Waals surface area (Å²) in [5.74, 6) is 0. The van der Waals surface area contributed by atoms with E-state index < -0.39 is 0 Å². The molecule has 1 aliphatic carbocycles. The molecule has 9 heteroatoms. The summed E-state index contributed by atoms with van der Waals surface area (Å²) >= 11 is 18.5. The van der Waals surface area contributed by atoms with Crippen molar-refractivity contribution in [1.82, 2.24) is 19.7 Å². The maximum atomic E-state index is 5.88. The summed E-state index contributed by atoms with van der Waals surface area (Å²) in [4.78, 5) is 12.4. The molecule has 0 atom stereocenters. The van der Waals surface area contributed by atoms with E-state index in [1.54, 1.807) is 18.5 Å². The number of nitrogens with zero attached hydrogens (tertiary/aromatic N) is 5. The van der Waals surface area contributed by atoms with Crippen molar-refractivity contribution >= 4 is 72.3 Å². The van der Waals surface area contributed by atoms with Crippen LogP contribution in [0.5, 0.6) is 0 Å². The van der Waals surface area contributed by atoms with E-state index in [9.17, 15) is 0 Å². The van der Waals surface area contributed by atoms with E-state index in [0.717, 1.165) is 31.2 Å². The molecule has 0 bridgehead atoms. The molecule has 0 amide bonds. The number of hydrogen-bond acceptors (Lipinski definition) is 4. The largest absolute Gasteiger partial charge is 0.286 e. The lowest BCUT2D eigenvalue weighted by Crippen LogP contribution is -2.18. The van der Waals surface area contributed by atoms with E-state index in [1.165, 1.54) is 19.3 Å². The number of aromatic nitrogens is 4. The molecular formula is C17H13Br2Cl2N5. The number of hydrogen-bond donors (Lipinski definition) is 0. The molecule has 4 heterocycles. The molecule has 1 fully saturated rings. The third kappa shape index (κ3) is 3.54. The molecule has 3 aromatic heterocycles. The van der Waals surface area contributed by atoms with Crippen LogP contribution in [-0.2, 0) is 6.54 Å². The maximum absolute atomic E-state index is 5.88. The third-order valence-electron chi connectivity index (χ3n) is 4.43. The first-order chi connectivity index (χ1) is 12.5. The van der Waals surface area contributed by atoms with Crippen LogP contribution in [0.15, 0.2) is 32.3 Å². The van der Waals surface area contributed by atoms with Gasteiger partial charge in [-0.05, 0) is 47.3 Å². The molecule has 5 rings (SSSR count). The van der Waals surface area contributed by atoms with Crippen molar-refractivity contribution in [2.24, 2.45) is 4.99 Å². The van der Waals surface area contributed by atoms with Crippen molar-refractivity contribution in [2.75, 3.05) is 0 Å². The first kappa shape index (κ1) is 18.3. The molecule has 0 radical (unpaired) electrons. The summed E-state index contributed by atoms with van der Waals surface area (Å²) in [6.07, 6.45) is 7.25. The van der Waals surface area contributed by atoms with Crippen LogP contribution >= 0.6 is 55.1 Å². The van der Waals surface area contributed by atoms with Crippen LogP contribution in [0.3, 0.4) is 0 Å². The molecule has 1 aliphatic heterocycles. The Kier molecular flexibility index (Phi) is 5.32. The van der Waals surface area contributed by atoms with Gasteiger partial charge in [-0.15, -0.1) is 0 Å². The predicted molar refractivity (Wildman–Crippen MR) is 111 cm³/mol. The molecule has 0 unspecified atom stereocenters. The number of aliphatic imine (C=N–C) groups is 1.